The molecule has 1 aliphatic rings. The predicted octanol–water partition coefficient (Wildman–Crippen LogP) is 4.36. The fourth-order valence-corrected chi connectivity index (χ4v) is 3.41. The molecule has 0 radical (unpaired) electrons. The molecule has 0 bridgehead atoms. The van der Waals surface area contributed by atoms with E-state index in [4.69, 9.17) is 16.7 Å². The molecule has 3 rings (SSSR count). The van der Waals surface area contributed by atoms with Gasteiger partial charge in [-0.1, -0.05) is 30.1 Å². The van der Waals surface area contributed by atoms with Crippen molar-refractivity contribution in [1.82, 2.24) is 4.98 Å². The van der Waals surface area contributed by atoms with Gasteiger partial charge in [-0.15, -0.1) is 0 Å². The van der Waals surface area contributed by atoms with Gasteiger partial charge < -0.3 is 4.98 Å². The van der Waals surface area contributed by atoms with Crippen molar-refractivity contribution >= 4 is 34.5 Å². The van der Waals surface area contributed by atoms with Crippen molar-refractivity contribution in [2.24, 2.45) is 5.14 Å². The molecule has 1 unspecified atom stereocenters. The van der Waals surface area contributed by atoms with Crippen molar-refractivity contribution < 1.29 is 0 Å². The van der Waals surface area contributed by atoms with Crippen LogP contribution in [0.3, 0.4) is 0 Å². The molecule has 1 heterocycles. The van der Waals surface area contributed by atoms with Crippen LogP contribution in [-0.4, -0.2) is 4.98 Å². The van der Waals surface area contributed by atoms with Gasteiger partial charge in [0, 0.05) is 32.4 Å². The maximum Gasteiger partial charge on any atom is 0.0460 e. The summed E-state index contributed by atoms with van der Waals surface area (Å²) in [6.07, 6.45) is 3.40. The first-order valence-electron chi connectivity index (χ1n) is 6.06. The van der Waals surface area contributed by atoms with Crippen LogP contribution in [0.15, 0.2) is 29.7 Å². The summed E-state index contributed by atoms with van der Waals surface area (Å²) in [5.41, 5.74) is 3.83. The number of rotatable bonds is 2. The number of nitrogens with two attached hydrogens (primary N) is 1. The number of halogens is 1. The van der Waals surface area contributed by atoms with E-state index < -0.39 is 0 Å². The lowest BCUT2D eigenvalue weighted by atomic mass is 9.87. The molecule has 2 nitrogen and oxygen atoms in total. The molecule has 0 saturated heterocycles. The van der Waals surface area contributed by atoms with Crippen LogP contribution >= 0.6 is 23.5 Å². The average molecular weight is 279 g/mol. The van der Waals surface area contributed by atoms with Crippen LogP contribution in [0.25, 0.3) is 10.9 Å². The number of nitrogens with one attached hydrogen (secondary N) is 1. The van der Waals surface area contributed by atoms with Gasteiger partial charge in [0.05, 0.1) is 0 Å². The molecule has 0 spiro atoms. The molecule has 4 heteroatoms. The number of hydrogen-bond donors (Lipinski definition) is 2. The highest BCUT2D eigenvalue weighted by atomic mass is 35.5. The summed E-state index contributed by atoms with van der Waals surface area (Å²) in [6.45, 7) is 4.08. The standard InChI is InChI=1S/C14H15ClN2S/c1-8(18-16)10-3-2-4-11-12-7-9(15)5-6-13(12)17-14(10)11/h5-7,10,17H,1-4,16H2. The lowest BCUT2D eigenvalue weighted by Gasteiger charge is -2.23. The van der Waals surface area contributed by atoms with Crippen LogP contribution in [0.5, 0.6) is 0 Å². The molecule has 2 aromatic rings. The molecule has 94 valence electrons. The van der Waals surface area contributed by atoms with Gasteiger partial charge in [0.1, 0.15) is 0 Å². The summed E-state index contributed by atoms with van der Waals surface area (Å²) in [7, 11) is 0. The third-order valence-electron chi connectivity index (χ3n) is 3.71. The maximum atomic E-state index is 6.09. The second kappa shape index (κ2) is 4.65. The predicted molar refractivity (Wildman–Crippen MR) is 79.9 cm³/mol. The largest absolute Gasteiger partial charge is 0.358 e. The molecule has 1 atom stereocenters. The lowest BCUT2D eigenvalue weighted by Crippen LogP contribution is -2.10. The van der Waals surface area contributed by atoms with Gasteiger partial charge >= 0.3 is 0 Å². The first-order chi connectivity index (χ1) is 8.70. The zero-order valence-electron chi connectivity index (χ0n) is 10.0. The van der Waals surface area contributed by atoms with Crippen LogP contribution in [0.2, 0.25) is 5.02 Å². The van der Waals surface area contributed by atoms with Crippen molar-refractivity contribution in [3.63, 3.8) is 0 Å². The molecule has 0 fully saturated rings. The first-order valence-corrected chi connectivity index (χ1v) is 7.32. The number of H-pyrrole nitrogens is 1. The molecular weight excluding hydrogens is 264 g/mol. The molecule has 18 heavy (non-hydrogen) atoms. The van der Waals surface area contributed by atoms with Crippen molar-refractivity contribution in [3.8, 4) is 0 Å². The van der Waals surface area contributed by atoms with Crippen LogP contribution in [0, 0.1) is 0 Å². The van der Waals surface area contributed by atoms with Crippen LogP contribution < -0.4 is 5.14 Å². The second-order valence-corrected chi connectivity index (χ2v) is 5.93. The Bertz CT molecular complexity index is 618. The van der Waals surface area contributed by atoms with Gasteiger partial charge in [-0.25, -0.2) is 0 Å². The van der Waals surface area contributed by atoms with Gasteiger partial charge in [-0.3, -0.25) is 5.14 Å². The molecule has 1 aromatic carbocycles. The molecule has 0 saturated carbocycles. The highest BCUT2D eigenvalue weighted by Crippen LogP contribution is 2.41. The van der Waals surface area contributed by atoms with E-state index in [-0.39, 0.29) is 0 Å². The van der Waals surface area contributed by atoms with E-state index in [1.54, 1.807) is 0 Å². The minimum absolute atomic E-state index is 0.343. The SMILES string of the molecule is C=C(SN)C1CCCc2c1[nH]c1ccc(Cl)cc21. The molecular formula is C14H15ClN2S. The first kappa shape index (κ1) is 12.2. The smallest absolute Gasteiger partial charge is 0.0460 e. The number of allylic oxidation sites excluding steroid dienone is 1. The Morgan fingerprint density at radius 1 is 1.50 bits per heavy atom. The summed E-state index contributed by atoms with van der Waals surface area (Å²) in [6, 6.07) is 6.02. The Morgan fingerprint density at radius 3 is 3.11 bits per heavy atom. The van der Waals surface area contributed by atoms with Gasteiger partial charge in [-0.2, -0.15) is 0 Å². The third kappa shape index (κ3) is 1.87. The van der Waals surface area contributed by atoms with E-state index >= 15 is 0 Å². The Hall–Kier alpha value is -0.900. The zero-order valence-corrected chi connectivity index (χ0v) is 11.6. The van der Waals surface area contributed by atoms with E-state index in [1.165, 1.54) is 35.0 Å². The highest BCUT2D eigenvalue weighted by molar-refractivity contribution is 8.00. The van der Waals surface area contributed by atoms with Gasteiger partial charge in [0.25, 0.3) is 0 Å². The Balaban J connectivity index is 2.18. The van der Waals surface area contributed by atoms with E-state index in [0.29, 0.717) is 5.92 Å². The summed E-state index contributed by atoms with van der Waals surface area (Å²) in [5.74, 6) is 0.343. The Labute approximate surface area is 116 Å². The summed E-state index contributed by atoms with van der Waals surface area (Å²) in [4.78, 5) is 4.56. The number of fused-ring (bicyclic) bond motifs is 3. The van der Waals surface area contributed by atoms with Gasteiger partial charge in [-0.05, 0) is 43.0 Å². The van der Waals surface area contributed by atoms with E-state index in [0.717, 1.165) is 28.3 Å². The normalized spacial score (nSPS) is 18.9. The number of benzene rings is 1. The fourth-order valence-electron chi connectivity index (χ4n) is 2.84. The topological polar surface area (TPSA) is 41.8 Å². The van der Waals surface area contributed by atoms with Gasteiger partial charge in [0.2, 0.25) is 0 Å². The van der Waals surface area contributed by atoms with Crippen LogP contribution in [-0.2, 0) is 6.42 Å². The van der Waals surface area contributed by atoms with Crippen LogP contribution in [0.1, 0.15) is 30.0 Å². The summed E-state index contributed by atoms with van der Waals surface area (Å²) >= 11 is 7.36. The minimum atomic E-state index is 0.343. The minimum Gasteiger partial charge on any atom is -0.358 e. The fraction of sp³-hybridized carbons (Fsp3) is 0.286. The Morgan fingerprint density at radius 2 is 2.33 bits per heavy atom. The summed E-state index contributed by atoms with van der Waals surface area (Å²) < 4.78 is 0. The van der Waals surface area contributed by atoms with Gasteiger partial charge in [0.15, 0.2) is 0 Å². The summed E-state index contributed by atoms with van der Waals surface area (Å²) in [5, 5.41) is 7.70. The number of hydrogen-bond acceptors (Lipinski definition) is 2. The third-order valence-corrected chi connectivity index (χ3v) is 4.53. The van der Waals surface area contributed by atoms with E-state index in [9.17, 15) is 0 Å². The molecule has 0 aliphatic heterocycles. The van der Waals surface area contributed by atoms with Crippen LogP contribution in [0.4, 0.5) is 0 Å². The zero-order chi connectivity index (χ0) is 12.7. The highest BCUT2D eigenvalue weighted by Gasteiger charge is 2.26. The molecule has 3 N–H and O–H groups in total. The second-order valence-electron chi connectivity index (χ2n) is 4.74. The monoisotopic (exact) mass is 278 g/mol. The molecule has 1 aromatic heterocycles. The van der Waals surface area contributed by atoms with E-state index in [1.807, 2.05) is 18.2 Å². The van der Waals surface area contributed by atoms with Crippen molar-refractivity contribution in [2.75, 3.05) is 0 Å². The number of aryl methyl sites for hydroxylation is 1. The van der Waals surface area contributed by atoms with Crippen molar-refractivity contribution in [1.29, 1.82) is 0 Å². The average Bonchev–Trinajstić information content (AvgIpc) is 2.75. The number of aromatic amines is 1. The number of aromatic nitrogens is 1. The Kier molecular flexibility index (Phi) is 3.14. The van der Waals surface area contributed by atoms with Crippen molar-refractivity contribution in [3.05, 3.63) is 46.0 Å². The quantitative estimate of drug-likeness (QED) is 0.802. The van der Waals surface area contributed by atoms with E-state index in [2.05, 4.69) is 11.6 Å². The van der Waals surface area contributed by atoms with Crippen molar-refractivity contribution in [2.45, 2.75) is 25.2 Å². The maximum absolute atomic E-state index is 6.09. The molecule has 1 aliphatic carbocycles. The lowest BCUT2D eigenvalue weighted by molar-refractivity contribution is 0.617. The molecule has 0 amide bonds.